The molecule has 2 aromatic rings. The number of aliphatic hydroxyl groups is 1. The molecular formula is C14H15N3O3. The molecule has 1 unspecified atom stereocenters. The molecule has 6 nitrogen and oxygen atoms in total. The first kappa shape index (κ1) is 14.1. The summed E-state index contributed by atoms with van der Waals surface area (Å²) in [6.07, 6.45) is 0.874. The van der Waals surface area contributed by atoms with E-state index in [1.54, 1.807) is 30.3 Å². The van der Waals surface area contributed by atoms with Crippen molar-refractivity contribution in [3.05, 3.63) is 47.9 Å². The number of nitriles is 1. The van der Waals surface area contributed by atoms with Crippen LogP contribution in [0.2, 0.25) is 0 Å². The number of aliphatic hydroxyl groups excluding tert-OH is 1. The quantitative estimate of drug-likeness (QED) is 0.784. The van der Waals surface area contributed by atoms with E-state index in [1.165, 1.54) is 6.26 Å². The Morgan fingerprint density at radius 2 is 2.15 bits per heavy atom. The van der Waals surface area contributed by atoms with E-state index < -0.39 is 6.10 Å². The molecule has 1 aromatic heterocycles. The van der Waals surface area contributed by atoms with E-state index >= 15 is 0 Å². The van der Waals surface area contributed by atoms with Crippen molar-refractivity contribution in [2.75, 3.05) is 13.2 Å². The molecule has 0 bridgehead atoms. The van der Waals surface area contributed by atoms with Crippen molar-refractivity contribution in [3.8, 4) is 11.8 Å². The lowest BCUT2D eigenvalue weighted by Gasteiger charge is -2.12. The van der Waals surface area contributed by atoms with Gasteiger partial charge in [0, 0.05) is 19.2 Å². The number of aromatic nitrogens is 1. The van der Waals surface area contributed by atoms with Crippen LogP contribution in [-0.4, -0.2) is 29.5 Å². The van der Waals surface area contributed by atoms with Crippen molar-refractivity contribution in [1.82, 2.24) is 10.5 Å². The van der Waals surface area contributed by atoms with E-state index in [0.29, 0.717) is 24.4 Å². The van der Waals surface area contributed by atoms with Gasteiger partial charge in [-0.3, -0.25) is 0 Å². The molecule has 0 saturated carbocycles. The zero-order chi connectivity index (χ0) is 14.2. The summed E-state index contributed by atoms with van der Waals surface area (Å²) in [5.74, 6) is 0.625. The highest BCUT2D eigenvalue weighted by atomic mass is 16.5. The van der Waals surface area contributed by atoms with Crippen LogP contribution >= 0.6 is 0 Å². The van der Waals surface area contributed by atoms with Crippen LogP contribution in [0.5, 0.6) is 5.75 Å². The van der Waals surface area contributed by atoms with Gasteiger partial charge in [0.2, 0.25) is 0 Å². The van der Waals surface area contributed by atoms with Crippen LogP contribution in [0.3, 0.4) is 0 Å². The molecule has 104 valence electrons. The first-order valence-corrected chi connectivity index (χ1v) is 6.19. The van der Waals surface area contributed by atoms with Crippen LogP contribution in [0, 0.1) is 11.3 Å². The molecule has 0 radical (unpaired) electrons. The monoisotopic (exact) mass is 273 g/mol. The number of benzene rings is 1. The highest BCUT2D eigenvalue weighted by molar-refractivity contribution is 5.34. The average molecular weight is 273 g/mol. The molecule has 1 aromatic carbocycles. The number of ether oxygens (including phenoxy) is 1. The van der Waals surface area contributed by atoms with Gasteiger partial charge in [0.1, 0.15) is 24.7 Å². The molecule has 0 spiro atoms. The number of nitrogens with zero attached hydrogens (tertiary/aromatic N) is 2. The van der Waals surface area contributed by atoms with E-state index in [9.17, 15) is 5.11 Å². The Hall–Kier alpha value is -2.36. The summed E-state index contributed by atoms with van der Waals surface area (Å²) in [5, 5.41) is 25.2. The fourth-order valence-electron chi connectivity index (χ4n) is 1.57. The van der Waals surface area contributed by atoms with E-state index in [4.69, 9.17) is 14.5 Å². The topological polar surface area (TPSA) is 91.3 Å². The van der Waals surface area contributed by atoms with Crippen LogP contribution in [0.4, 0.5) is 0 Å². The van der Waals surface area contributed by atoms with E-state index in [-0.39, 0.29) is 6.61 Å². The average Bonchev–Trinajstić information content (AvgIpc) is 2.99. The summed E-state index contributed by atoms with van der Waals surface area (Å²) in [4.78, 5) is 0. The molecular weight excluding hydrogens is 258 g/mol. The van der Waals surface area contributed by atoms with Gasteiger partial charge >= 0.3 is 0 Å². The summed E-state index contributed by atoms with van der Waals surface area (Å²) in [7, 11) is 0. The van der Waals surface area contributed by atoms with Gasteiger partial charge in [-0.2, -0.15) is 5.26 Å². The van der Waals surface area contributed by atoms with E-state index in [0.717, 1.165) is 5.69 Å². The molecule has 6 heteroatoms. The maximum Gasteiger partial charge on any atom is 0.124 e. The Kier molecular flexibility index (Phi) is 5.12. The van der Waals surface area contributed by atoms with Crippen LogP contribution in [0.1, 0.15) is 11.3 Å². The molecule has 20 heavy (non-hydrogen) atoms. The van der Waals surface area contributed by atoms with Crippen LogP contribution < -0.4 is 10.1 Å². The molecule has 0 aliphatic carbocycles. The third kappa shape index (κ3) is 4.39. The van der Waals surface area contributed by atoms with Crippen molar-refractivity contribution in [2.24, 2.45) is 0 Å². The summed E-state index contributed by atoms with van der Waals surface area (Å²) in [6, 6.07) is 10.5. The van der Waals surface area contributed by atoms with Gasteiger partial charge in [0.25, 0.3) is 0 Å². The van der Waals surface area contributed by atoms with Gasteiger partial charge in [0.05, 0.1) is 17.3 Å². The first-order chi connectivity index (χ1) is 9.78. The predicted octanol–water partition coefficient (Wildman–Crippen LogP) is 1.08. The molecule has 0 saturated heterocycles. The van der Waals surface area contributed by atoms with Crippen molar-refractivity contribution >= 4 is 0 Å². The third-order valence-electron chi connectivity index (χ3n) is 2.60. The molecule has 1 heterocycles. The van der Waals surface area contributed by atoms with Crippen molar-refractivity contribution in [2.45, 2.75) is 12.6 Å². The number of rotatable bonds is 7. The Bertz CT molecular complexity index is 546. The molecule has 0 aliphatic heterocycles. The molecule has 2 rings (SSSR count). The Morgan fingerprint density at radius 3 is 2.80 bits per heavy atom. The molecule has 2 N–H and O–H groups in total. The maximum atomic E-state index is 9.76. The molecule has 1 atom stereocenters. The zero-order valence-electron chi connectivity index (χ0n) is 10.8. The molecule has 0 fully saturated rings. The van der Waals surface area contributed by atoms with Crippen LogP contribution in [0.25, 0.3) is 0 Å². The smallest absolute Gasteiger partial charge is 0.124 e. The van der Waals surface area contributed by atoms with Crippen LogP contribution in [-0.2, 0) is 6.54 Å². The Labute approximate surface area is 116 Å². The summed E-state index contributed by atoms with van der Waals surface area (Å²) in [5.41, 5.74) is 1.36. The van der Waals surface area contributed by atoms with Gasteiger partial charge < -0.3 is 19.7 Å². The van der Waals surface area contributed by atoms with Crippen LogP contribution in [0.15, 0.2) is 41.1 Å². The Balaban J connectivity index is 1.66. The molecule has 0 aliphatic rings. The zero-order valence-corrected chi connectivity index (χ0v) is 10.8. The highest BCUT2D eigenvalue weighted by Crippen LogP contribution is 2.11. The lowest BCUT2D eigenvalue weighted by atomic mass is 10.2. The summed E-state index contributed by atoms with van der Waals surface area (Å²) >= 11 is 0. The predicted molar refractivity (Wildman–Crippen MR) is 70.9 cm³/mol. The fourth-order valence-corrected chi connectivity index (χ4v) is 1.57. The second-order valence-corrected chi connectivity index (χ2v) is 4.22. The lowest BCUT2D eigenvalue weighted by molar-refractivity contribution is 0.106. The van der Waals surface area contributed by atoms with Crippen molar-refractivity contribution in [1.29, 1.82) is 5.26 Å². The van der Waals surface area contributed by atoms with Gasteiger partial charge in [0.15, 0.2) is 0 Å². The van der Waals surface area contributed by atoms with Gasteiger partial charge in [-0.05, 0) is 24.3 Å². The minimum absolute atomic E-state index is 0.178. The summed E-state index contributed by atoms with van der Waals surface area (Å²) < 4.78 is 10.1. The number of hydrogen-bond acceptors (Lipinski definition) is 6. The van der Waals surface area contributed by atoms with E-state index in [1.807, 2.05) is 6.07 Å². The lowest BCUT2D eigenvalue weighted by Crippen LogP contribution is -2.31. The van der Waals surface area contributed by atoms with Gasteiger partial charge in [-0.15, -0.1) is 0 Å². The highest BCUT2D eigenvalue weighted by Gasteiger charge is 2.05. The SMILES string of the molecule is N#Cc1ccc(OCC(O)CNCc2ccon2)cc1. The maximum absolute atomic E-state index is 9.76. The van der Waals surface area contributed by atoms with Crippen molar-refractivity contribution in [3.63, 3.8) is 0 Å². The second-order valence-electron chi connectivity index (χ2n) is 4.22. The minimum atomic E-state index is -0.627. The second kappa shape index (κ2) is 7.28. The standard InChI is InChI=1S/C14H15N3O3/c15-7-11-1-3-14(4-2-11)19-10-13(18)9-16-8-12-5-6-20-17-12/h1-6,13,16,18H,8-10H2. The third-order valence-corrected chi connectivity index (χ3v) is 2.60. The normalized spacial score (nSPS) is 11.8. The fraction of sp³-hybridized carbons (Fsp3) is 0.286. The number of hydrogen-bond donors (Lipinski definition) is 2. The first-order valence-electron chi connectivity index (χ1n) is 6.19. The molecule has 0 amide bonds. The van der Waals surface area contributed by atoms with Gasteiger partial charge in [-0.1, -0.05) is 5.16 Å². The van der Waals surface area contributed by atoms with Gasteiger partial charge in [-0.25, -0.2) is 0 Å². The largest absolute Gasteiger partial charge is 0.491 e. The minimum Gasteiger partial charge on any atom is -0.491 e. The summed E-state index contributed by atoms with van der Waals surface area (Å²) in [6.45, 7) is 1.10. The van der Waals surface area contributed by atoms with Crippen molar-refractivity contribution < 1.29 is 14.4 Å². The number of nitrogens with one attached hydrogen (secondary N) is 1. The Morgan fingerprint density at radius 1 is 1.35 bits per heavy atom. The van der Waals surface area contributed by atoms with E-state index in [2.05, 4.69) is 10.5 Å².